The minimum atomic E-state index is -0.242. The van der Waals surface area contributed by atoms with Crippen LogP contribution in [0.2, 0.25) is 0 Å². The number of nitrogens with one attached hydrogen (secondary N) is 2. The Labute approximate surface area is 84.9 Å². The summed E-state index contributed by atoms with van der Waals surface area (Å²) in [6, 6.07) is 5.08. The summed E-state index contributed by atoms with van der Waals surface area (Å²) in [5, 5.41) is 5.20. The Kier molecular flexibility index (Phi) is 3.70. The van der Waals surface area contributed by atoms with Crippen LogP contribution in [-0.4, -0.2) is 17.6 Å². The third-order valence-corrected chi connectivity index (χ3v) is 1.74. The minimum absolute atomic E-state index is 0.242. The molecule has 13 heavy (non-hydrogen) atoms. The van der Waals surface area contributed by atoms with E-state index in [2.05, 4.69) is 31.5 Å². The molecule has 2 N–H and O–H groups in total. The van der Waals surface area contributed by atoms with Crippen LogP contribution in [0.3, 0.4) is 0 Å². The summed E-state index contributed by atoms with van der Waals surface area (Å²) in [7, 11) is 0. The van der Waals surface area contributed by atoms with E-state index in [4.69, 9.17) is 0 Å². The van der Waals surface area contributed by atoms with Crippen LogP contribution in [-0.2, 0) is 0 Å². The monoisotopic (exact) mass is 243 g/mol. The molecular weight excluding hydrogens is 234 g/mol. The average Bonchev–Trinajstić information content (AvgIpc) is 2.04. The topological polar surface area (TPSA) is 54.0 Å². The smallest absolute Gasteiger partial charge is 0.320 e. The predicted octanol–water partition coefficient (Wildman–Crippen LogP) is 1.99. The van der Waals surface area contributed by atoms with Gasteiger partial charge in [0.05, 0.1) is 0 Å². The molecule has 0 radical (unpaired) electrons. The number of aromatic nitrogens is 1. The van der Waals surface area contributed by atoms with Gasteiger partial charge in [-0.1, -0.05) is 6.07 Å². The highest BCUT2D eigenvalue weighted by Gasteiger charge is 1.99. The van der Waals surface area contributed by atoms with Crippen LogP contribution in [0, 0.1) is 0 Å². The number of hydrogen-bond acceptors (Lipinski definition) is 2. The van der Waals surface area contributed by atoms with Crippen LogP contribution in [0.25, 0.3) is 0 Å². The van der Waals surface area contributed by atoms with Crippen LogP contribution < -0.4 is 10.6 Å². The summed E-state index contributed by atoms with van der Waals surface area (Å²) < 4.78 is 0.696. The van der Waals surface area contributed by atoms with Gasteiger partial charge in [-0.15, -0.1) is 0 Å². The second kappa shape index (κ2) is 4.81. The van der Waals surface area contributed by atoms with E-state index in [0.717, 1.165) is 0 Å². The van der Waals surface area contributed by atoms with E-state index >= 15 is 0 Å². The van der Waals surface area contributed by atoms with Gasteiger partial charge in [0.25, 0.3) is 0 Å². The lowest BCUT2D eigenvalue weighted by atomic mass is 10.5. The molecule has 0 aliphatic carbocycles. The van der Waals surface area contributed by atoms with Crippen LogP contribution in [0.15, 0.2) is 22.8 Å². The number of amides is 2. The number of carbonyl (C=O) groups is 1. The molecule has 0 aliphatic heterocycles. The minimum Gasteiger partial charge on any atom is -0.338 e. The maximum atomic E-state index is 11.0. The summed E-state index contributed by atoms with van der Waals surface area (Å²) in [4.78, 5) is 15.1. The molecule has 1 rings (SSSR count). The van der Waals surface area contributed by atoms with E-state index in [9.17, 15) is 4.79 Å². The SMILES string of the molecule is CCNC(=O)Nc1cccc(Br)n1. The fraction of sp³-hybridized carbons (Fsp3) is 0.250. The van der Waals surface area contributed by atoms with E-state index in [1.165, 1.54) is 0 Å². The van der Waals surface area contributed by atoms with E-state index in [1.807, 2.05) is 6.92 Å². The van der Waals surface area contributed by atoms with Gasteiger partial charge in [0, 0.05) is 6.54 Å². The third kappa shape index (κ3) is 3.42. The zero-order valence-corrected chi connectivity index (χ0v) is 8.76. The van der Waals surface area contributed by atoms with Crippen molar-refractivity contribution in [3.05, 3.63) is 22.8 Å². The molecule has 0 aliphatic rings. The Hall–Kier alpha value is -1.10. The van der Waals surface area contributed by atoms with Gasteiger partial charge in [-0.25, -0.2) is 9.78 Å². The molecule has 0 aromatic carbocycles. The highest BCUT2D eigenvalue weighted by atomic mass is 79.9. The van der Waals surface area contributed by atoms with Crippen molar-refractivity contribution in [3.8, 4) is 0 Å². The first-order chi connectivity index (χ1) is 6.22. The first-order valence-corrected chi connectivity index (χ1v) is 4.69. The largest absolute Gasteiger partial charge is 0.338 e. The number of urea groups is 1. The highest BCUT2D eigenvalue weighted by molar-refractivity contribution is 9.10. The lowest BCUT2D eigenvalue weighted by Gasteiger charge is -2.04. The molecular formula is C8H10BrN3O. The second-order valence-electron chi connectivity index (χ2n) is 2.33. The molecule has 4 nitrogen and oxygen atoms in total. The molecule has 1 heterocycles. The quantitative estimate of drug-likeness (QED) is 0.781. The number of anilines is 1. The fourth-order valence-electron chi connectivity index (χ4n) is 0.799. The van der Waals surface area contributed by atoms with Crippen molar-refractivity contribution >= 4 is 27.8 Å². The number of halogens is 1. The molecule has 1 aromatic heterocycles. The molecule has 2 amide bonds. The van der Waals surface area contributed by atoms with Crippen LogP contribution in [0.1, 0.15) is 6.92 Å². The van der Waals surface area contributed by atoms with Gasteiger partial charge in [-0.2, -0.15) is 0 Å². The standard InChI is InChI=1S/C8H10BrN3O/c1-2-10-8(13)12-7-5-3-4-6(9)11-7/h3-5H,2H2,1H3,(H2,10,11,12,13). The zero-order valence-electron chi connectivity index (χ0n) is 7.17. The van der Waals surface area contributed by atoms with Gasteiger partial charge in [0.2, 0.25) is 0 Å². The summed E-state index contributed by atoms with van der Waals surface area (Å²) in [6.45, 7) is 2.45. The maximum Gasteiger partial charge on any atom is 0.320 e. The Morgan fingerprint density at radius 1 is 1.62 bits per heavy atom. The van der Waals surface area contributed by atoms with E-state index in [1.54, 1.807) is 18.2 Å². The van der Waals surface area contributed by atoms with Gasteiger partial charge in [0.15, 0.2) is 0 Å². The van der Waals surface area contributed by atoms with Crippen LogP contribution in [0.5, 0.6) is 0 Å². The van der Waals surface area contributed by atoms with Crippen molar-refractivity contribution in [1.29, 1.82) is 0 Å². The Balaban J connectivity index is 2.58. The van der Waals surface area contributed by atoms with Crippen molar-refractivity contribution in [2.24, 2.45) is 0 Å². The predicted molar refractivity (Wildman–Crippen MR) is 54.6 cm³/mol. The number of nitrogens with zero attached hydrogens (tertiary/aromatic N) is 1. The van der Waals surface area contributed by atoms with E-state index < -0.39 is 0 Å². The molecule has 0 saturated heterocycles. The van der Waals surface area contributed by atoms with Crippen molar-refractivity contribution in [2.45, 2.75) is 6.92 Å². The molecule has 1 aromatic rings. The first kappa shape index (κ1) is 9.98. The molecule has 0 saturated carbocycles. The van der Waals surface area contributed by atoms with Crippen LogP contribution in [0.4, 0.5) is 10.6 Å². The van der Waals surface area contributed by atoms with Gasteiger partial charge in [-0.05, 0) is 35.0 Å². The normalized spacial score (nSPS) is 9.38. The molecule has 0 spiro atoms. The molecule has 0 bridgehead atoms. The highest BCUT2D eigenvalue weighted by Crippen LogP contribution is 2.09. The third-order valence-electron chi connectivity index (χ3n) is 1.29. The van der Waals surface area contributed by atoms with Gasteiger partial charge in [-0.3, -0.25) is 5.32 Å². The number of carbonyl (C=O) groups excluding carboxylic acids is 1. The van der Waals surface area contributed by atoms with Crippen LogP contribution >= 0.6 is 15.9 Å². The lowest BCUT2D eigenvalue weighted by molar-refractivity contribution is 0.252. The second-order valence-corrected chi connectivity index (χ2v) is 3.14. The summed E-state index contributed by atoms with van der Waals surface area (Å²) in [5.41, 5.74) is 0. The zero-order chi connectivity index (χ0) is 9.68. The lowest BCUT2D eigenvalue weighted by Crippen LogP contribution is -2.28. The fourth-order valence-corrected chi connectivity index (χ4v) is 1.14. The molecule has 0 fully saturated rings. The summed E-state index contributed by atoms with van der Waals surface area (Å²) in [5.74, 6) is 0.528. The number of hydrogen-bond donors (Lipinski definition) is 2. The maximum absolute atomic E-state index is 11.0. The number of pyridine rings is 1. The summed E-state index contributed by atoms with van der Waals surface area (Å²) in [6.07, 6.45) is 0. The van der Waals surface area contributed by atoms with Crippen molar-refractivity contribution in [3.63, 3.8) is 0 Å². The Morgan fingerprint density at radius 2 is 2.38 bits per heavy atom. The van der Waals surface area contributed by atoms with Crippen molar-refractivity contribution in [1.82, 2.24) is 10.3 Å². The van der Waals surface area contributed by atoms with Gasteiger partial charge in [0.1, 0.15) is 10.4 Å². The first-order valence-electron chi connectivity index (χ1n) is 3.89. The van der Waals surface area contributed by atoms with E-state index in [0.29, 0.717) is 17.0 Å². The Bertz CT molecular complexity index is 303. The Morgan fingerprint density at radius 3 is 3.00 bits per heavy atom. The molecule has 0 unspecified atom stereocenters. The van der Waals surface area contributed by atoms with Gasteiger partial charge >= 0.3 is 6.03 Å². The van der Waals surface area contributed by atoms with Crippen molar-refractivity contribution in [2.75, 3.05) is 11.9 Å². The van der Waals surface area contributed by atoms with Crippen molar-refractivity contribution < 1.29 is 4.79 Å². The number of rotatable bonds is 2. The van der Waals surface area contributed by atoms with Gasteiger partial charge < -0.3 is 5.32 Å². The molecule has 0 atom stereocenters. The molecule has 5 heteroatoms. The molecule has 70 valence electrons. The summed E-state index contributed by atoms with van der Waals surface area (Å²) >= 11 is 3.21. The average molecular weight is 244 g/mol. The van der Waals surface area contributed by atoms with E-state index in [-0.39, 0.29) is 6.03 Å².